The maximum Gasteiger partial charge on any atom is 1.00 e. The topological polar surface area (TPSA) is 205 Å². The van der Waals surface area contributed by atoms with Crippen LogP contribution in [0.5, 0.6) is 11.5 Å². The van der Waals surface area contributed by atoms with Crippen molar-refractivity contribution < 1.29 is 105 Å². The predicted molar refractivity (Wildman–Crippen MR) is 214 cm³/mol. The van der Waals surface area contributed by atoms with Crippen LogP contribution in [0.4, 0.5) is 11.4 Å². The van der Waals surface area contributed by atoms with Gasteiger partial charge in [-0.3, -0.25) is 14.2 Å². The molecule has 0 aliphatic carbocycles. The van der Waals surface area contributed by atoms with Gasteiger partial charge in [-0.15, -0.1) is 0 Å². The summed E-state index contributed by atoms with van der Waals surface area (Å²) in [4.78, 5) is 9.30. The van der Waals surface area contributed by atoms with Crippen molar-refractivity contribution in [2.75, 3.05) is 31.3 Å². The van der Waals surface area contributed by atoms with Crippen molar-refractivity contribution in [3.05, 3.63) is 71.8 Å². The van der Waals surface area contributed by atoms with E-state index in [1.807, 2.05) is 30.3 Å². The Labute approximate surface area is 376 Å². The SMILES string of the molecule is CC1=Nc2ccc3ccc(O)cc3c2C1(C)C.CC1=Nc2ccc3ccc(OCCCCS(=O)(=O)[O-])cc3c2C1(C)C.CCO.O=S1(=O)CCCCO1.[Na+].[Na+].[OH-]. The average molecular weight is 831 g/mol. The van der Waals surface area contributed by atoms with Crippen LogP contribution in [0.25, 0.3) is 21.5 Å². The number of hydrogen-bond acceptors (Lipinski definition) is 12. The first-order chi connectivity index (χ1) is 24.8. The maximum absolute atomic E-state index is 10.6. The van der Waals surface area contributed by atoms with E-state index in [4.69, 9.17) is 9.84 Å². The summed E-state index contributed by atoms with van der Waals surface area (Å²) in [5, 5.41) is 21.8. The quantitative estimate of drug-likeness (QED) is 0.125. The Hall–Kier alpha value is -1.92. The second kappa shape index (κ2) is 21.9. The number of phenolic OH excluding ortho intramolecular Hbond substituents is 1. The fourth-order valence-electron chi connectivity index (χ4n) is 6.37. The van der Waals surface area contributed by atoms with Crippen LogP contribution in [0, 0.1) is 0 Å². The number of rotatable bonds is 6. The predicted octanol–water partition coefficient (Wildman–Crippen LogP) is 1.81. The fourth-order valence-corrected chi connectivity index (χ4v) is 7.98. The Kier molecular flexibility index (Phi) is 20.4. The number of unbranched alkanes of at least 4 members (excludes halogenated alkanes) is 1. The van der Waals surface area contributed by atoms with E-state index in [2.05, 4.69) is 80.0 Å². The van der Waals surface area contributed by atoms with Crippen molar-refractivity contribution in [3.8, 4) is 11.5 Å². The molecule has 0 saturated carbocycles. The third kappa shape index (κ3) is 13.3. The van der Waals surface area contributed by atoms with Crippen molar-refractivity contribution in [2.24, 2.45) is 9.98 Å². The number of nitrogens with zero attached hydrogens (tertiary/aromatic N) is 2. The van der Waals surface area contributed by atoms with Gasteiger partial charge in [0.05, 0.1) is 40.5 Å². The molecule has 56 heavy (non-hydrogen) atoms. The van der Waals surface area contributed by atoms with E-state index in [0.29, 0.717) is 31.8 Å². The summed E-state index contributed by atoms with van der Waals surface area (Å²) in [5.41, 5.74) is 6.54. The Bertz CT molecular complexity index is 2230. The van der Waals surface area contributed by atoms with E-state index < -0.39 is 20.2 Å². The third-order valence-electron chi connectivity index (χ3n) is 9.70. The molecule has 3 heterocycles. The molecule has 0 unspecified atom stereocenters. The molecule has 1 fully saturated rings. The minimum atomic E-state index is -4.14. The Morgan fingerprint density at radius 1 is 0.821 bits per heavy atom. The minimum absolute atomic E-state index is 0. The number of aliphatic hydroxyl groups excluding tert-OH is 1. The van der Waals surface area contributed by atoms with Gasteiger partial charge < -0.3 is 25.0 Å². The molecular formula is C40H52N2Na2O10S2. The number of phenols is 1. The standard InChI is InChI=1S/C19H23NO4S.C15H15NO.C4H8O3S.C2H6O.2Na.H2O/c1-13-19(2,3)18-16-12-15(24-10-4-5-11-25(21,22)23)8-6-14(16)7-9-17(18)20-13;1-9-15(2,3)14-12-8-11(17)6-4-10(12)5-7-13(14)16-9;5-8(6)4-2-1-3-7-8;1-2-3;;;/h6-9,12H,4-5,10-11H2,1-3H3,(H,21,22,23);4-8,17H,1-3H3;1-4H2;3H,2H2,1H3;;;1H2/q;;;;2*+1;/p-2. The molecule has 0 radical (unpaired) electrons. The van der Waals surface area contributed by atoms with Gasteiger partial charge in [-0.2, -0.15) is 8.42 Å². The zero-order chi connectivity index (χ0) is 39.2. The fraction of sp³-hybridized carbons (Fsp3) is 0.450. The molecule has 4 aromatic carbocycles. The molecule has 4 aromatic rings. The molecule has 0 atom stereocenters. The van der Waals surface area contributed by atoms with Crippen molar-refractivity contribution >= 4 is 64.6 Å². The number of aliphatic hydroxyl groups is 1. The van der Waals surface area contributed by atoms with Crippen LogP contribution in [0.3, 0.4) is 0 Å². The minimum Gasteiger partial charge on any atom is -0.870 e. The Morgan fingerprint density at radius 2 is 1.30 bits per heavy atom. The first-order valence-corrected chi connectivity index (χ1v) is 21.0. The van der Waals surface area contributed by atoms with Crippen molar-refractivity contribution in [2.45, 2.75) is 85.0 Å². The van der Waals surface area contributed by atoms with Crippen LogP contribution in [0.2, 0.25) is 0 Å². The van der Waals surface area contributed by atoms with Crippen LogP contribution >= 0.6 is 0 Å². The van der Waals surface area contributed by atoms with E-state index in [-0.39, 0.29) is 93.5 Å². The molecule has 0 amide bonds. The summed E-state index contributed by atoms with van der Waals surface area (Å²) in [5.74, 6) is 0.914. The average Bonchev–Trinajstić information content (AvgIpc) is 3.46. The first-order valence-electron chi connectivity index (χ1n) is 17.8. The molecule has 12 nitrogen and oxygen atoms in total. The van der Waals surface area contributed by atoms with E-state index in [9.17, 15) is 26.5 Å². The van der Waals surface area contributed by atoms with Gasteiger partial charge in [0.15, 0.2) is 0 Å². The number of benzene rings is 4. The largest absolute Gasteiger partial charge is 1.00 e. The van der Waals surface area contributed by atoms with Crippen LogP contribution in [-0.2, 0) is 35.2 Å². The monoisotopic (exact) mass is 830 g/mol. The molecule has 3 N–H and O–H groups in total. The molecule has 16 heteroatoms. The first kappa shape index (κ1) is 52.1. The van der Waals surface area contributed by atoms with Gasteiger partial charge in [-0.25, -0.2) is 8.42 Å². The van der Waals surface area contributed by atoms with E-state index >= 15 is 0 Å². The van der Waals surface area contributed by atoms with Crippen LogP contribution < -0.4 is 63.9 Å². The number of hydrogen-bond donors (Lipinski definition) is 2. The second-order valence-electron chi connectivity index (χ2n) is 14.3. The Balaban J connectivity index is 0.000000438. The molecule has 296 valence electrons. The summed E-state index contributed by atoms with van der Waals surface area (Å²) < 4.78 is 62.8. The van der Waals surface area contributed by atoms with E-state index in [1.165, 1.54) is 11.1 Å². The molecule has 0 bridgehead atoms. The zero-order valence-electron chi connectivity index (χ0n) is 34.0. The number of fused-ring (bicyclic) bond motifs is 6. The number of aromatic hydroxyl groups is 1. The van der Waals surface area contributed by atoms with Crippen LogP contribution in [0.15, 0.2) is 70.6 Å². The van der Waals surface area contributed by atoms with Crippen LogP contribution in [-0.4, -0.2) is 79.8 Å². The van der Waals surface area contributed by atoms with Gasteiger partial charge in [0.1, 0.15) is 11.5 Å². The van der Waals surface area contributed by atoms with Gasteiger partial charge in [-0.1, -0.05) is 52.0 Å². The van der Waals surface area contributed by atoms with Gasteiger partial charge in [0.25, 0.3) is 10.1 Å². The molecule has 3 aliphatic rings. The number of aliphatic imine (C=N–C) groups is 2. The normalized spacial score (nSPS) is 16.5. The summed E-state index contributed by atoms with van der Waals surface area (Å²) in [6.07, 6.45) is 2.47. The maximum atomic E-state index is 10.6. The summed E-state index contributed by atoms with van der Waals surface area (Å²) in [6.45, 7) is 15.5. The molecule has 3 aliphatic heterocycles. The zero-order valence-corrected chi connectivity index (χ0v) is 39.7. The molecule has 1 saturated heterocycles. The van der Waals surface area contributed by atoms with Gasteiger partial charge in [0, 0.05) is 34.6 Å². The van der Waals surface area contributed by atoms with Crippen molar-refractivity contribution in [1.82, 2.24) is 0 Å². The number of ether oxygens (including phenoxy) is 1. The van der Waals surface area contributed by atoms with E-state index in [1.54, 1.807) is 13.0 Å². The molecule has 0 spiro atoms. The smallest absolute Gasteiger partial charge is 0.870 e. The van der Waals surface area contributed by atoms with Crippen LogP contribution in [0.1, 0.15) is 85.3 Å². The molecule has 0 aromatic heterocycles. The summed E-state index contributed by atoms with van der Waals surface area (Å²) in [7, 11) is -7.22. The summed E-state index contributed by atoms with van der Waals surface area (Å²) >= 11 is 0. The van der Waals surface area contributed by atoms with Gasteiger partial charge in [-0.05, 0) is 116 Å². The van der Waals surface area contributed by atoms with Gasteiger partial charge >= 0.3 is 59.1 Å². The Morgan fingerprint density at radius 3 is 1.75 bits per heavy atom. The molecule has 7 rings (SSSR count). The summed E-state index contributed by atoms with van der Waals surface area (Å²) in [6, 6.07) is 19.7. The second-order valence-corrected chi connectivity index (χ2v) is 17.6. The van der Waals surface area contributed by atoms with Crippen molar-refractivity contribution in [1.29, 1.82) is 0 Å². The van der Waals surface area contributed by atoms with Gasteiger partial charge in [0.2, 0.25) is 0 Å². The molecular weight excluding hydrogens is 779 g/mol. The van der Waals surface area contributed by atoms with E-state index in [0.717, 1.165) is 62.9 Å². The third-order valence-corrected chi connectivity index (χ3v) is 11.8. The van der Waals surface area contributed by atoms with Crippen molar-refractivity contribution in [3.63, 3.8) is 0 Å².